The Morgan fingerprint density at radius 1 is 1.16 bits per heavy atom. The molecule has 1 atom stereocenters. The van der Waals surface area contributed by atoms with E-state index in [0.29, 0.717) is 13.2 Å². The smallest absolute Gasteiger partial charge is 0.331 e. The van der Waals surface area contributed by atoms with E-state index in [0.717, 1.165) is 63.4 Å². The van der Waals surface area contributed by atoms with Gasteiger partial charge >= 0.3 is 6.03 Å². The second-order valence-corrected chi connectivity index (χ2v) is 9.79. The van der Waals surface area contributed by atoms with E-state index in [9.17, 15) is 9.00 Å². The van der Waals surface area contributed by atoms with Crippen LogP contribution in [0.25, 0.3) is 0 Å². The molecule has 2 amide bonds. The Kier molecular flexibility index (Phi) is 6.19. The number of benzene rings is 1. The molecule has 10 heteroatoms. The first-order chi connectivity index (χ1) is 15.0. The predicted octanol–water partition coefficient (Wildman–Crippen LogP) is 2.09. The third-order valence-corrected chi connectivity index (χ3v) is 7.47. The number of nitrogens with two attached hydrogens (primary N) is 1. The number of carbonyl (C=O) groups is 1. The minimum atomic E-state index is -3.73. The summed E-state index contributed by atoms with van der Waals surface area (Å²) in [6.45, 7) is 1.74. The van der Waals surface area contributed by atoms with Gasteiger partial charge in [0, 0.05) is 31.4 Å². The standard InChI is InChI=1S/C21H30N6O3S/c1-24-12-17-13-5-2-7-15(13)19(16-8-3-6-14(16)17)26-21(28)27-31(23,29)18(11-22)20-25-9-4-10-30-20/h11,24H,2-10,12,22H2,1H3,(H3,23,26,27,28,29). The zero-order chi connectivity index (χ0) is 22.0. The zero-order valence-electron chi connectivity index (χ0n) is 17.8. The molecule has 4 rings (SSSR count). The van der Waals surface area contributed by atoms with Crippen molar-refractivity contribution in [1.29, 1.82) is 4.78 Å². The van der Waals surface area contributed by atoms with Gasteiger partial charge in [0.1, 0.15) is 4.91 Å². The second-order valence-electron chi connectivity index (χ2n) is 8.04. The summed E-state index contributed by atoms with van der Waals surface area (Å²) in [5.74, 6) is 0.0623. The van der Waals surface area contributed by atoms with Gasteiger partial charge < -0.3 is 21.1 Å². The fourth-order valence-electron chi connectivity index (χ4n) is 4.83. The van der Waals surface area contributed by atoms with Gasteiger partial charge in [0.15, 0.2) is 9.92 Å². The summed E-state index contributed by atoms with van der Waals surface area (Å²) in [4.78, 5) is 16.9. The van der Waals surface area contributed by atoms with E-state index in [2.05, 4.69) is 20.3 Å². The molecule has 6 N–H and O–H groups in total. The number of nitrogens with zero attached hydrogens (tertiary/aromatic N) is 1. The maximum atomic E-state index is 13.0. The van der Waals surface area contributed by atoms with Gasteiger partial charge in [-0.15, -0.1) is 0 Å². The molecule has 1 aromatic carbocycles. The van der Waals surface area contributed by atoms with E-state index < -0.39 is 15.9 Å². The quantitative estimate of drug-likeness (QED) is 0.455. The van der Waals surface area contributed by atoms with Crippen LogP contribution in [-0.4, -0.2) is 36.3 Å². The van der Waals surface area contributed by atoms with Crippen molar-refractivity contribution in [2.75, 3.05) is 25.5 Å². The molecular formula is C21H30N6O3S. The molecule has 0 fully saturated rings. The van der Waals surface area contributed by atoms with Crippen molar-refractivity contribution in [3.63, 3.8) is 0 Å². The molecule has 0 spiro atoms. The summed E-state index contributed by atoms with van der Waals surface area (Å²) in [5, 5.41) is 6.21. The van der Waals surface area contributed by atoms with E-state index in [1.807, 2.05) is 7.05 Å². The lowest BCUT2D eigenvalue weighted by atomic mass is 9.92. The van der Waals surface area contributed by atoms with E-state index in [-0.39, 0.29) is 10.8 Å². The van der Waals surface area contributed by atoms with Crippen molar-refractivity contribution in [3.8, 4) is 0 Å². The molecule has 1 aromatic rings. The first-order valence-electron chi connectivity index (χ1n) is 10.8. The molecule has 0 bridgehead atoms. The fourth-order valence-corrected chi connectivity index (χ4v) is 5.82. The Bertz CT molecular complexity index is 1030. The molecule has 0 aromatic heterocycles. The number of aliphatic imine (C=N–C) groups is 1. The van der Waals surface area contributed by atoms with Gasteiger partial charge in [-0.3, -0.25) is 4.99 Å². The van der Waals surface area contributed by atoms with Gasteiger partial charge in [-0.25, -0.2) is 18.5 Å². The SMILES string of the molecule is CNCc1c2c(c(NC(=O)NS(=N)(=O)C(=CN)C3=NCCCO3)c3c1CCC3)CCC2. The Labute approximate surface area is 183 Å². The van der Waals surface area contributed by atoms with Crippen LogP contribution in [0.1, 0.15) is 47.1 Å². The van der Waals surface area contributed by atoms with Crippen molar-refractivity contribution in [2.45, 2.75) is 51.5 Å². The van der Waals surface area contributed by atoms with E-state index in [1.54, 1.807) is 0 Å². The van der Waals surface area contributed by atoms with Gasteiger partial charge in [0.25, 0.3) is 0 Å². The first kappa shape index (κ1) is 21.6. The molecule has 1 aliphatic heterocycles. The zero-order valence-corrected chi connectivity index (χ0v) is 18.6. The van der Waals surface area contributed by atoms with Crippen LogP contribution in [0.3, 0.4) is 0 Å². The largest absolute Gasteiger partial charge is 0.477 e. The highest BCUT2D eigenvalue weighted by Gasteiger charge is 2.30. The van der Waals surface area contributed by atoms with Crippen molar-refractivity contribution in [1.82, 2.24) is 10.0 Å². The Morgan fingerprint density at radius 3 is 2.35 bits per heavy atom. The van der Waals surface area contributed by atoms with E-state index >= 15 is 0 Å². The van der Waals surface area contributed by atoms with Crippen LogP contribution in [0, 0.1) is 4.78 Å². The molecule has 3 aliphatic rings. The molecule has 9 nitrogen and oxygen atoms in total. The third kappa shape index (κ3) is 4.14. The number of hydrogen-bond donors (Lipinski definition) is 5. The summed E-state index contributed by atoms with van der Waals surface area (Å²) >= 11 is 0. The highest BCUT2D eigenvalue weighted by Crippen LogP contribution is 2.41. The van der Waals surface area contributed by atoms with Gasteiger partial charge in [-0.05, 0) is 73.4 Å². The maximum Gasteiger partial charge on any atom is 0.331 e. The van der Waals surface area contributed by atoms with Crippen molar-refractivity contribution in [3.05, 3.63) is 38.9 Å². The number of anilines is 1. The minimum Gasteiger partial charge on any atom is -0.477 e. The molecule has 31 heavy (non-hydrogen) atoms. The maximum absolute atomic E-state index is 13.0. The van der Waals surface area contributed by atoms with Crippen LogP contribution in [0.15, 0.2) is 16.1 Å². The van der Waals surface area contributed by atoms with Crippen LogP contribution in [0.4, 0.5) is 10.5 Å². The van der Waals surface area contributed by atoms with Crippen LogP contribution in [0.5, 0.6) is 0 Å². The van der Waals surface area contributed by atoms with Gasteiger partial charge in [0.2, 0.25) is 5.90 Å². The van der Waals surface area contributed by atoms with Crippen molar-refractivity contribution >= 4 is 27.5 Å². The molecule has 0 saturated heterocycles. The Morgan fingerprint density at radius 2 is 1.81 bits per heavy atom. The van der Waals surface area contributed by atoms with Crippen molar-refractivity contribution in [2.24, 2.45) is 10.7 Å². The Hall–Kier alpha value is -2.59. The number of nitrogens with one attached hydrogen (secondary N) is 4. The average Bonchev–Trinajstić information content (AvgIpc) is 3.41. The summed E-state index contributed by atoms with van der Waals surface area (Å²) < 4.78 is 28.9. The van der Waals surface area contributed by atoms with Crippen LogP contribution < -0.4 is 21.1 Å². The lowest BCUT2D eigenvalue weighted by Crippen LogP contribution is -2.37. The predicted molar refractivity (Wildman–Crippen MR) is 121 cm³/mol. The fraction of sp³-hybridized carbons (Fsp3) is 0.524. The lowest BCUT2D eigenvalue weighted by molar-refractivity contribution is 0.257. The number of carbonyl (C=O) groups excluding carboxylic acids is 1. The van der Waals surface area contributed by atoms with Crippen LogP contribution in [-0.2, 0) is 46.9 Å². The van der Waals surface area contributed by atoms with E-state index in [4.69, 9.17) is 15.3 Å². The number of rotatable bonds is 6. The third-order valence-electron chi connectivity index (χ3n) is 6.06. The lowest BCUT2D eigenvalue weighted by Gasteiger charge is -2.22. The summed E-state index contributed by atoms with van der Waals surface area (Å²) in [6, 6.07) is -0.680. The topological polar surface area (TPSA) is 142 Å². The normalized spacial score (nSPS) is 19.6. The van der Waals surface area contributed by atoms with Crippen molar-refractivity contribution < 1.29 is 13.7 Å². The molecule has 0 saturated carbocycles. The molecule has 1 unspecified atom stereocenters. The second kappa shape index (κ2) is 8.88. The van der Waals surface area contributed by atoms with Gasteiger partial charge in [-0.2, -0.15) is 0 Å². The molecular weight excluding hydrogens is 416 g/mol. The minimum absolute atomic E-state index is 0.0623. The van der Waals surface area contributed by atoms with E-state index in [1.165, 1.54) is 27.8 Å². The molecule has 1 heterocycles. The average molecular weight is 447 g/mol. The number of amides is 2. The molecule has 168 valence electrons. The number of ether oxygens (including phenoxy) is 1. The monoisotopic (exact) mass is 446 g/mol. The van der Waals surface area contributed by atoms with Gasteiger partial charge in [-0.1, -0.05) is 0 Å². The number of urea groups is 1. The summed E-state index contributed by atoms with van der Waals surface area (Å²) in [6.07, 6.45) is 7.70. The van der Waals surface area contributed by atoms with Crippen LogP contribution in [0.2, 0.25) is 0 Å². The summed E-state index contributed by atoms with van der Waals surface area (Å²) in [5.41, 5.74) is 12.8. The summed E-state index contributed by atoms with van der Waals surface area (Å²) in [7, 11) is -1.77. The Balaban J connectivity index is 1.60. The molecule has 0 radical (unpaired) electrons. The molecule has 2 aliphatic carbocycles. The van der Waals surface area contributed by atoms with Gasteiger partial charge in [0.05, 0.1) is 6.61 Å². The van der Waals surface area contributed by atoms with Crippen LogP contribution >= 0.6 is 0 Å². The highest BCUT2D eigenvalue weighted by molar-refractivity contribution is 7.95. The first-order valence-corrected chi connectivity index (χ1v) is 12.3. The number of hydrogen-bond acceptors (Lipinski definition) is 7. The number of fused-ring (bicyclic) bond motifs is 2. The highest BCUT2D eigenvalue weighted by atomic mass is 32.2.